The zero-order valence-corrected chi connectivity index (χ0v) is 12.5. The number of thiazole rings is 1. The Balaban J connectivity index is 1.76. The van der Waals surface area contributed by atoms with Gasteiger partial charge in [0, 0.05) is 24.7 Å². The van der Waals surface area contributed by atoms with Crippen molar-refractivity contribution in [1.82, 2.24) is 14.7 Å². The number of fused-ring (bicyclic) bond motifs is 2. The van der Waals surface area contributed by atoms with Gasteiger partial charge >= 0.3 is 0 Å². The Morgan fingerprint density at radius 1 is 1.50 bits per heavy atom. The predicted molar refractivity (Wildman–Crippen MR) is 80.6 cm³/mol. The zero-order valence-electron chi connectivity index (χ0n) is 11.7. The molecule has 1 aliphatic carbocycles. The molecule has 5 nitrogen and oxygen atoms in total. The first kappa shape index (κ1) is 12.6. The van der Waals surface area contributed by atoms with E-state index >= 15 is 0 Å². The SMILES string of the molecule is CNCc1c(N2CCOC3CCCC32)nc2sccn12. The quantitative estimate of drug-likeness (QED) is 0.938. The van der Waals surface area contributed by atoms with E-state index in [9.17, 15) is 0 Å². The molecule has 4 rings (SSSR count). The minimum atomic E-state index is 0.408. The molecule has 0 spiro atoms. The average Bonchev–Trinajstić information content (AvgIpc) is 3.14. The summed E-state index contributed by atoms with van der Waals surface area (Å²) in [5, 5.41) is 5.38. The van der Waals surface area contributed by atoms with Crippen molar-refractivity contribution in [3.8, 4) is 0 Å². The van der Waals surface area contributed by atoms with E-state index < -0.39 is 0 Å². The lowest BCUT2D eigenvalue weighted by atomic mass is 10.1. The van der Waals surface area contributed by atoms with Gasteiger partial charge in [-0.05, 0) is 26.3 Å². The van der Waals surface area contributed by atoms with Crippen LogP contribution in [0.5, 0.6) is 0 Å². The Labute approximate surface area is 122 Å². The fraction of sp³-hybridized carbons (Fsp3) is 0.643. The van der Waals surface area contributed by atoms with Crippen LogP contribution in [0.25, 0.3) is 4.96 Å². The van der Waals surface area contributed by atoms with Gasteiger partial charge in [-0.1, -0.05) is 0 Å². The molecule has 2 aliphatic rings. The standard InChI is InChI=1S/C14H20N4OS/c1-15-9-11-13(16-14-18(11)6-8-20-14)17-5-7-19-12-4-2-3-10(12)17/h6,8,10,12,15H,2-5,7,9H2,1H3. The van der Waals surface area contributed by atoms with Crippen LogP contribution in [0, 0.1) is 0 Å². The van der Waals surface area contributed by atoms with Crippen LogP contribution in [0.1, 0.15) is 25.0 Å². The van der Waals surface area contributed by atoms with Crippen LogP contribution in [0.3, 0.4) is 0 Å². The van der Waals surface area contributed by atoms with E-state index in [4.69, 9.17) is 9.72 Å². The number of hydrogen-bond donors (Lipinski definition) is 1. The minimum Gasteiger partial charge on any atom is -0.374 e. The molecule has 1 aliphatic heterocycles. The second kappa shape index (κ2) is 5.02. The van der Waals surface area contributed by atoms with Gasteiger partial charge in [0.15, 0.2) is 10.8 Å². The van der Waals surface area contributed by atoms with Crippen LogP contribution >= 0.6 is 11.3 Å². The third kappa shape index (κ3) is 1.86. The highest BCUT2D eigenvalue weighted by Crippen LogP contribution is 2.35. The van der Waals surface area contributed by atoms with E-state index in [-0.39, 0.29) is 0 Å². The van der Waals surface area contributed by atoms with Gasteiger partial charge in [-0.3, -0.25) is 4.40 Å². The molecule has 1 saturated heterocycles. The molecule has 2 atom stereocenters. The highest BCUT2D eigenvalue weighted by Gasteiger charge is 2.38. The first-order valence-electron chi connectivity index (χ1n) is 7.36. The van der Waals surface area contributed by atoms with E-state index in [1.54, 1.807) is 11.3 Å². The van der Waals surface area contributed by atoms with Gasteiger partial charge in [0.2, 0.25) is 0 Å². The summed E-state index contributed by atoms with van der Waals surface area (Å²) in [7, 11) is 1.99. The summed E-state index contributed by atoms with van der Waals surface area (Å²) in [4.78, 5) is 8.47. The molecule has 0 amide bonds. The zero-order chi connectivity index (χ0) is 13.5. The first-order valence-corrected chi connectivity index (χ1v) is 8.23. The van der Waals surface area contributed by atoms with Crippen molar-refractivity contribution in [2.75, 3.05) is 25.1 Å². The van der Waals surface area contributed by atoms with E-state index in [1.165, 1.54) is 25.0 Å². The summed E-state index contributed by atoms with van der Waals surface area (Å²) in [5.74, 6) is 1.16. The lowest BCUT2D eigenvalue weighted by Gasteiger charge is -2.38. The number of nitrogens with zero attached hydrogens (tertiary/aromatic N) is 3. The van der Waals surface area contributed by atoms with E-state index in [2.05, 4.69) is 26.2 Å². The van der Waals surface area contributed by atoms with Gasteiger partial charge in [-0.15, -0.1) is 11.3 Å². The van der Waals surface area contributed by atoms with Crippen LogP contribution in [0.2, 0.25) is 0 Å². The third-order valence-corrected chi connectivity index (χ3v) is 5.19. The van der Waals surface area contributed by atoms with Crippen molar-refractivity contribution in [3.05, 3.63) is 17.3 Å². The summed E-state index contributed by atoms with van der Waals surface area (Å²) in [6.45, 7) is 2.63. The van der Waals surface area contributed by atoms with E-state index in [0.29, 0.717) is 12.1 Å². The van der Waals surface area contributed by atoms with Crippen LogP contribution in [-0.2, 0) is 11.3 Å². The predicted octanol–water partition coefficient (Wildman–Crippen LogP) is 1.87. The van der Waals surface area contributed by atoms with Crippen molar-refractivity contribution in [1.29, 1.82) is 0 Å². The number of aromatic nitrogens is 2. The summed E-state index contributed by atoms with van der Waals surface area (Å²) in [5.41, 5.74) is 1.27. The maximum atomic E-state index is 5.92. The third-order valence-electron chi connectivity index (χ3n) is 4.44. The summed E-state index contributed by atoms with van der Waals surface area (Å²) >= 11 is 1.70. The Hall–Kier alpha value is -1.11. The number of nitrogens with one attached hydrogen (secondary N) is 1. The first-order chi connectivity index (χ1) is 9.88. The molecular weight excluding hydrogens is 272 g/mol. The second-order valence-corrected chi connectivity index (χ2v) is 6.44. The van der Waals surface area contributed by atoms with Crippen molar-refractivity contribution < 1.29 is 4.74 Å². The lowest BCUT2D eigenvalue weighted by Crippen LogP contribution is -2.49. The lowest BCUT2D eigenvalue weighted by molar-refractivity contribution is 0.0253. The molecule has 2 aromatic heterocycles. The van der Waals surface area contributed by atoms with Gasteiger partial charge in [0.25, 0.3) is 0 Å². The number of imidazole rings is 1. The molecule has 20 heavy (non-hydrogen) atoms. The van der Waals surface area contributed by atoms with Crippen molar-refractivity contribution in [2.45, 2.75) is 38.0 Å². The number of rotatable bonds is 3. The molecule has 0 radical (unpaired) electrons. The van der Waals surface area contributed by atoms with Gasteiger partial charge in [0.1, 0.15) is 0 Å². The Morgan fingerprint density at radius 2 is 2.45 bits per heavy atom. The molecule has 0 bridgehead atoms. The Bertz CT molecular complexity index is 607. The molecule has 3 heterocycles. The van der Waals surface area contributed by atoms with Crippen molar-refractivity contribution in [2.24, 2.45) is 0 Å². The smallest absolute Gasteiger partial charge is 0.195 e. The number of anilines is 1. The number of hydrogen-bond acceptors (Lipinski definition) is 5. The fourth-order valence-electron chi connectivity index (χ4n) is 3.57. The van der Waals surface area contributed by atoms with Gasteiger partial charge in [-0.2, -0.15) is 0 Å². The van der Waals surface area contributed by atoms with Gasteiger partial charge in [-0.25, -0.2) is 4.98 Å². The van der Waals surface area contributed by atoms with Crippen LogP contribution in [0.15, 0.2) is 11.6 Å². The van der Waals surface area contributed by atoms with Crippen LogP contribution in [0.4, 0.5) is 5.82 Å². The minimum absolute atomic E-state index is 0.408. The maximum Gasteiger partial charge on any atom is 0.195 e. The van der Waals surface area contributed by atoms with E-state index in [1.807, 2.05) is 7.05 Å². The molecule has 1 saturated carbocycles. The Kier molecular flexibility index (Phi) is 3.17. The van der Waals surface area contributed by atoms with Gasteiger partial charge < -0.3 is 15.0 Å². The monoisotopic (exact) mass is 292 g/mol. The second-order valence-electron chi connectivity index (χ2n) is 5.57. The van der Waals surface area contributed by atoms with Crippen molar-refractivity contribution >= 4 is 22.1 Å². The normalized spacial score (nSPS) is 26.4. The topological polar surface area (TPSA) is 41.8 Å². The van der Waals surface area contributed by atoms with Crippen molar-refractivity contribution in [3.63, 3.8) is 0 Å². The largest absolute Gasteiger partial charge is 0.374 e. The molecular formula is C14H20N4OS. The fourth-order valence-corrected chi connectivity index (χ4v) is 4.30. The molecule has 2 aromatic rings. The van der Waals surface area contributed by atoms with E-state index in [0.717, 1.165) is 30.5 Å². The summed E-state index contributed by atoms with van der Waals surface area (Å²) in [6, 6.07) is 0.518. The maximum absolute atomic E-state index is 5.92. The number of morpholine rings is 1. The average molecular weight is 292 g/mol. The molecule has 108 valence electrons. The molecule has 0 aromatic carbocycles. The summed E-state index contributed by atoms with van der Waals surface area (Å²) < 4.78 is 8.14. The Morgan fingerprint density at radius 3 is 3.35 bits per heavy atom. The molecule has 2 fully saturated rings. The van der Waals surface area contributed by atoms with Gasteiger partial charge in [0.05, 0.1) is 24.4 Å². The van der Waals surface area contributed by atoms with Crippen LogP contribution in [-0.4, -0.2) is 41.7 Å². The van der Waals surface area contributed by atoms with Crippen LogP contribution < -0.4 is 10.2 Å². The molecule has 2 unspecified atom stereocenters. The number of ether oxygens (including phenoxy) is 1. The summed E-state index contributed by atoms with van der Waals surface area (Å²) in [6.07, 6.45) is 6.23. The highest BCUT2D eigenvalue weighted by atomic mass is 32.1. The molecule has 1 N–H and O–H groups in total. The molecule has 6 heteroatoms. The highest BCUT2D eigenvalue weighted by molar-refractivity contribution is 7.15.